The Balaban J connectivity index is 2.37. The highest BCUT2D eigenvalue weighted by Gasteiger charge is 2.23. The van der Waals surface area contributed by atoms with Crippen LogP contribution in [0.5, 0.6) is 0 Å². The summed E-state index contributed by atoms with van der Waals surface area (Å²) in [5.41, 5.74) is 0. The van der Waals surface area contributed by atoms with Crippen LogP contribution in [0.2, 0.25) is 0 Å². The summed E-state index contributed by atoms with van der Waals surface area (Å²) in [5, 5.41) is 9.40. The van der Waals surface area contributed by atoms with Gasteiger partial charge in [-0.25, -0.2) is 0 Å². The summed E-state index contributed by atoms with van der Waals surface area (Å²) in [6.45, 7) is 1.20. The molecule has 1 atom stereocenters. The van der Waals surface area contributed by atoms with Crippen molar-refractivity contribution in [3.8, 4) is 0 Å². The third-order valence-electron chi connectivity index (χ3n) is 1.63. The largest absolute Gasteiger partial charge is 0.391 e. The molecular formula is C6H10BrNO2. The number of carbonyl (C=O) groups is 1. The fraction of sp³-hybridized carbons (Fsp3) is 0.833. The zero-order valence-corrected chi connectivity index (χ0v) is 7.17. The molecule has 10 heavy (non-hydrogen) atoms. The van der Waals surface area contributed by atoms with E-state index in [2.05, 4.69) is 15.9 Å². The Bertz CT molecular complexity index is 140. The minimum Gasteiger partial charge on any atom is -0.391 e. The summed E-state index contributed by atoms with van der Waals surface area (Å²) in [6, 6.07) is 0. The molecule has 1 N–H and O–H groups in total. The molecule has 0 spiro atoms. The SMILES string of the molecule is O=C(CBr)N1CC[C@@H](O)C1. The van der Waals surface area contributed by atoms with E-state index in [9.17, 15) is 4.79 Å². The first-order chi connectivity index (χ1) is 4.74. The van der Waals surface area contributed by atoms with Gasteiger partial charge in [0.15, 0.2) is 0 Å². The number of carbonyl (C=O) groups excluding carboxylic acids is 1. The molecule has 4 heteroatoms. The van der Waals surface area contributed by atoms with Gasteiger partial charge in [0.25, 0.3) is 0 Å². The molecule has 0 saturated carbocycles. The Morgan fingerprint density at radius 1 is 1.80 bits per heavy atom. The van der Waals surface area contributed by atoms with E-state index in [-0.39, 0.29) is 12.0 Å². The first-order valence-corrected chi connectivity index (χ1v) is 4.38. The van der Waals surface area contributed by atoms with Crippen molar-refractivity contribution in [1.29, 1.82) is 0 Å². The maximum atomic E-state index is 10.9. The quantitative estimate of drug-likeness (QED) is 0.615. The van der Waals surface area contributed by atoms with Crippen LogP contribution in [0.1, 0.15) is 6.42 Å². The summed E-state index contributed by atoms with van der Waals surface area (Å²) in [4.78, 5) is 12.6. The smallest absolute Gasteiger partial charge is 0.233 e. The second-order valence-electron chi connectivity index (χ2n) is 2.42. The molecule has 0 unspecified atom stereocenters. The zero-order valence-electron chi connectivity index (χ0n) is 5.59. The summed E-state index contributed by atoms with van der Waals surface area (Å²) in [5.74, 6) is 0.0663. The van der Waals surface area contributed by atoms with E-state index in [1.807, 2.05) is 0 Å². The molecule has 1 fully saturated rings. The van der Waals surface area contributed by atoms with E-state index in [1.165, 1.54) is 0 Å². The Kier molecular flexibility index (Phi) is 2.68. The highest BCUT2D eigenvalue weighted by atomic mass is 79.9. The molecule has 0 aliphatic carbocycles. The Hall–Kier alpha value is -0.0900. The van der Waals surface area contributed by atoms with Gasteiger partial charge in [0.1, 0.15) is 0 Å². The second kappa shape index (κ2) is 3.34. The molecule has 1 aliphatic heterocycles. The van der Waals surface area contributed by atoms with E-state index in [0.717, 1.165) is 6.42 Å². The van der Waals surface area contributed by atoms with Gasteiger partial charge in [-0.05, 0) is 6.42 Å². The normalized spacial score (nSPS) is 25.4. The molecule has 1 aliphatic rings. The van der Waals surface area contributed by atoms with Crippen LogP contribution in [0.25, 0.3) is 0 Å². The number of likely N-dealkylation sites (tertiary alicyclic amines) is 1. The van der Waals surface area contributed by atoms with Crippen molar-refractivity contribution in [3.63, 3.8) is 0 Å². The van der Waals surface area contributed by atoms with Gasteiger partial charge in [-0.3, -0.25) is 4.79 Å². The van der Waals surface area contributed by atoms with E-state index in [4.69, 9.17) is 5.11 Å². The van der Waals surface area contributed by atoms with Gasteiger partial charge in [0.05, 0.1) is 11.4 Å². The van der Waals surface area contributed by atoms with Crippen LogP contribution in [0.3, 0.4) is 0 Å². The lowest BCUT2D eigenvalue weighted by Gasteiger charge is -2.12. The van der Waals surface area contributed by atoms with Crippen LogP contribution in [-0.4, -0.2) is 40.4 Å². The van der Waals surface area contributed by atoms with Crippen molar-refractivity contribution >= 4 is 21.8 Å². The Morgan fingerprint density at radius 3 is 2.90 bits per heavy atom. The van der Waals surface area contributed by atoms with Crippen molar-refractivity contribution in [2.24, 2.45) is 0 Å². The third-order valence-corrected chi connectivity index (χ3v) is 2.11. The fourth-order valence-electron chi connectivity index (χ4n) is 1.05. The van der Waals surface area contributed by atoms with Crippen LogP contribution in [0.15, 0.2) is 0 Å². The molecule has 0 aromatic carbocycles. The summed E-state index contributed by atoms with van der Waals surface area (Å²) >= 11 is 3.07. The van der Waals surface area contributed by atoms with Gasteiger partial charge in [0, 0.05) is 13.1 Å². The van der Waals surface area contributed by atoms with Crippen molar-refractivity contribution in [2.75, 3.05) is 18.4 Å². The number of hydrogen-bond acceptors (Lipinski definition) is 2. The fourth-order valence-corrected chi connectivity index (χ4v) is 1.41. The molecule has 0 radical (unpaired) electrons. The van der Waals surface area contributed by atoms with Gasteiger partial charge in [-0.15, -0.1) is 0 Å². The first-order valence-electron chi connectivity index (χ1n) is 3.26. The number of β-amino-alcohol motifs (C(OH)–C–C–N with tert-alkyl or cyclic N) is 1. The van der Waals surface area contributed by atoms with Gasteiger partial charge in [-0.1, -0.05) is 15.9 Å². The number of halogens is 1. The summed E-state index contributed by atoms with van der Waals surface area (Å²) in [6.07, 6.45) is 0.418. The van der Waals surface area contributed by atoms with Crippen molar-refractivity contribution in [2.45, 2.75) is 12.5 Å². The molecule has 0 aromatic heterocycles. The van der Waals surface area contributed by atoms with Crippen molar-refractivity contribution in [1.82, 2.24) is 4.90 Å². The molecule has 3 nitrogen and oxygen atoms in total. The second-order valence-corrected chi connectivity index (χ2v) is 2.98. The number of amides is 1. The van der Waals surface area contributed by atoms with Crippen LogP contribution < -0.4 is 0 Å². The minimum absolute atomic E-state index is 0.0663. The molecule has 1 rings (SSSR count). The van der Waals surface area contributed by atoms with Gasteiger partial charge >= 0.3 is 0 Å². The molecule has 58 valence electrons. The van der Waals surface area contributed by atoms with Crippen molar-refractivity contribution in [3.05, 3.63) is 0 Å². The first kappa shape index (κ1) is 8.01. The average molecular weight is 208 g/mol. The summed E-state index contributed by atoms with van der Waals surface area (Å²) < 4.78 is 0. The molecule has 0 bridgehead atoms. The zero-order chi connectivity index (χ0) is 7.56. The molecule has 1 heterocycles. The van der Waals surface area contributed by atoms with E-state index >= 15 is 0 Å². The number of alkyl halides is 1. The molecule has 0 aromatic rings. The predicted molar refractivity (Wildman–Crippen MR) is 41.0 cm³/mol. The Labute approximate surface area is 68.1 Å². The topological polar surface area (TPSA) is 40.5 Å². The molecule has 1 saturated heterocycles. The van der Waals surface area contributed by atoms with Crippen molar-refractivity contribution < 1.29 is 9.90 Å². The van der Waals surface area contributed by atoms with E-state index in [1.54, 1.807) is 4.90 Å². The van der Waals surface area contributed by atoms with Crippen LogP contribution >= 0.6 is 15.9 Å². The van der Waals surface area contributed by atoms with Gasteiger partial charge < -0.3 is 10.0 Å². The van der Waals surface area contributed by atoms with Gasteiger partial charge in [0.2, 0.25) is 5.91 Å². The third kappa shape index (κ3) is 1.70. The number of rotatable bonds is 1. The van der Waals surface area contributed by atoms with E-state index in [0.29, 0.717) is 18.4 Å². The van der Waals surface area contributed by atoms with Crippen LogP contribution in [0, 0.1) is 0 Å². The lowest BCUT2D eigenvalue weighted by atomic mass is 10.3. The maximum absolute atomic E-state index is 10.9. The number of hydrogen-bond donors (Lipinski definition) is 1. The minimum atomic E-state index is -0.303. The monoisotopic (exact) mass is 207 g/mol. The number of aliphatic hydroxyl groups excluding tert-OH is 1. The highest BCUT2D eigenvalue weighted by Crippen LogP contribution is 2.08. The number of nitrogens with zero attached hydrogens (tertiary/aromatic N) is 1. The average Bonchev–Trinajstić information content (AvgIpc) is 2.34. The standard InChI is InChI=1S/C6H10BrNO2/c7-3-6(10)8-2-1-5(9)4-8/h5,9H,1-4H2/t5-/m1/s1. The number of aliphatic hydroxyl groups is 1. The predicted octanol–water partition coefficient (Wildman–Crippen LogP) is -0.0255. The van der Waals surface area contributed by atoms with E-state index < -0.39 is 0 Å². The highest BCUT2D eigenvalue weighted by molar-refractivity contribution is 9.09. The lowest BCUT2D eigenvalue weighted by molar-refractivity contribution is -0.127. The van der Waals surface area contributed by atoms with Crippen LogP contribution in [0.4, 0.5) is 0 Å². The van der Waals surface area contributed by atoms with Gasteiger partial charge in [-0.2, -0.15) is 0 Å². The summed E-state index contributed by atoms with van der Waals surface area (Å²) in [7, 11) is 0. The molecule has 1 amide bonds. The van der Waals surface area contributed by atoms with Crippen LogP contribution in [-0.2, 0) is 4.79 Å². The Morgan fingerprint density at radius 2 is 2.50 bits per heavy atom. The maximum Gasteiger partial charge on any atom is 0.233 e. The molecular weight excluding hydrogens is 198 g/mol. The lowest BCUT2D eigenvalue weighted by Crippen LogP contribution is -2.30.